The molecule has 1 atom stereocenters. The molecular weight excluding hydrogens is 278 g/mol. The summed E-state index contributed by atoms with van der Waals surface area (Å²) in [5, 5.41) is 9.17. The minimum Gasteiger partial charge on any atom is -0.481 e. The molecule has 1 heterocycles. The van der Waals surface area contributed by atoms with Crippen molar-refractivity contribution in [3.63, 3.8) is 0 Å². The second-order valence-corrected chi connectivity index (χ2v) is 5.73. The molecule has 4 nitrogen and oxygen atoms in total. The minimum atomic E-state index is -0.781. The van der Waals surface area contributed by atoms with Crippen LogP contribution in [0.4, 0.5) is 0 Å². The summed E-state index contributed by atoms with van der Waals surface area (Å²) < 4.78 is 0. The molecule has 1 N–H and O–H groups in total. The summed E-state index contributed by atoms with van der Waals surface area (Å²) in [6.07, 6.45) is 1.65. The van der Waals surface area contributed by atoms with E-state index < -0.39 is 5.97 Å². The highest BCUT2D eigenvalue weighted by Gasteiger charge is 2.28. The van der Waals surface area contributed by atoms with Crippen LogP contribution >= 0.6 is 11.6 Å². The molecule has 1 aliphatic rings. The molecule has 0 spiro atoms. The van der Waals surface area contributed by atoms with Crippen LogP contribution in [-0.2, 0) is 4.79 Å². The maximum Gasteiger partial charge on any atom is 0.303 e. The van der Waals surface area contributed by atoms with Gasteiger partial charge in [0.25, 0.3) is 5.91 Å². The van der Waals surface area contributed by atoms with E-state index in [-0.39, 0.29) is 18.2 Å². The molecule has 5 heteroatoms. The topological polar surface area (TPSA) is 57.6 Å². The number of aryl methyl sites for hydroxylation is 1. The number of benzene rings is 1. The van der Waals surface area contributed by atoms with Crippen molar-refractivity contribution in [1.82, 2.24) is 4.90 Å². The number of carboxylic acids is 1. The lowest BCUT2D eigenvalue weighted by molar-refractivity contribution is -0.137. The van der Waals surface area contributed by atoms with Gasteiger partial charge in [-0.2, -0.15) is 0 Å². The molecule has 1 aliphatic heterocycles. The zero-order valence-corrected chi connectivity index (χ0v) is 12.2. The molecule has 0 aromatic heterocycles. The van der Waals surface area contributed by atoms with Crippen molar-refractivity contribution < 1.29 is 14.7 Å². The lowest BCUT2D eigenvalue weighted by Gasteiger charge is -2.17. The van der Waals surface area contributed by atoms with Gasteiger partial charge in [-0.15, -0.1) is 0 Å². The molecule has 0 saturated carbocycles. The highest BCUT2D eigenvalue weighted by molar-refractivity contribution is 6.33. The number of hydrogen-bond acceptors (Lipinski definition) is 2. The van der Waals surface area contributed by atoms with Gasteiger partial charge in [-0.3, -0.25) is 9.59 Å². The number of carbonyl (C=O) groups is 2. The van der Waals surface area contributed by atoms with Gasteiger partial charge in [-0.25, -0.2) is 0 Å². The molecular formula is C15H18ClNO3. The monoisotopic (exact) mass is 295 g/mol. The molecule has 1 amide bonds. The SMILES string of the molecule is Cc1ccc(C(=O)N2CCC(CCC(=O)O)C2)c(Cl)c1. The summed E-state index contributed by atoms with van der Waals surface area (Å²) in [6.45, 7) is 3.22. The Hall–Kier alpha value is -1.55. The van der Waals surface area contributed by atoms with Crippen molar-refractivity contribution in [2.45, 2.75) is 26.2 Å². The van der Waals surface area contributed by atoms with E-state index in [2.05, 4.69) is 0 Å². The van der Waals surface area contributed by atoms with Gasteiger partial charge in [0.2, 0.25) is 0 Å². The molecule has 1 saturated heterocycles. The molecule has 20 heavy (non-hydrogen) atoms. The number of nitrogens with zero attached hydrogens (tertiary/aromatic N) is 1. The number of rotatable bonds is 4. The van der Waals surface area contributed by atoms with Crippen LogP contribution in [-0.4, -0.2) is 35.0 Å². The summed E-state index contributed by atoms with van der Waals surface area (Å²) in [7, 11) is 0. The van der Waals surface area contributed by atoms with Crippen LogP contribution < -0.4 is 0 Å². The Kier molecular flexibility index (Phi) is 4.65. The first-order chi connectivity index (χ1) is 9.47. The third kappa shape index (κ3) is 3.51. The Morgan fingerprint density at radius 3 is 2.85 bits per heavy atom. The number of carbonyl (C=O) groups excluding carboxylic acids is 1. The predicted molar refractivity (Wildman–Crippen MR) is 77.1 cm³/mol. The fourth-order valence-corrected chi connectivity index (χ4v) is 2.86. The Morgan fingerprint density at radius 1 is 1.45 bits per heavy atom. The fraction of sp³-hybridized carbons (Fsp3) is 0.467. The third-order valence-corrected chi connectivity index (χ3v) is 4.01. The zero-order valence-electron chi connectivity index (χ0n) is 11.4. The minimum absolute atomic E-state index is 0.0622. The second-order valence-electron chi connectivity index (χ2n) is 5.32. The van der Waals surface area contributed by atoms with E-state index in [4.69, 9.17) is 16.7 Å². The van der Waals surface area contributed by atoms with Crippen LogP contribution in [0.25, 0.3) is 0 Å². The van der Waals surface area contributed by atoms with Crippen molar-refractivity contribution in [3.05, 3.63) is 34.3 Å². The average Bonchev–Trinajstić information content (AvgIpc) is 2.84. The van der Waals surface area contributed by atoms with Crippen molar-refractivity contribution in [2.24, 2.45) is 5.92 Å². The third-order valence-electron chi connectivity index (χ3n) is 3.69. The van der Waals surface area contributed by atoms with E-state index in [1.54, 1.807) is 17.0 Å². The van der Waals surface area contributed by atoms with Crippen molar-refractivity contribution in [2.75, 3.05) is 13.1 Å². The first kappa shape index (κ1) is 14.9. The van der Waals surface area contributed by atoms with Crippen molar-refractivity contribution in [3.8, 4) is 0 Å². The molecule has 0 bridgehead atoms. The van der Waals surface area contributed by atoms with E-state index in [9.17, 15) is 9.59 Å². The summed E-state index contributed by atoms with van der Waals surface area (Å²) in [4.78, 5) is 24.7. The normalized spacial score (nSPS) is 18.3. The number of hydrogen-bond donors (Lipinski definition) is 1. The Bertz CT molecular complexity index is 530. The highest BCUT2D eigenvalue weighted by atomic mass is 35.5. The van der Waals surface area contributed by atoms with E-state index in [1.807, 2.05) is 13.0 Å². The Balaban J connectivity index is 1.99. The highest BCUT2D eigenvalue weighted by Crippen LogP contribution is 2.25. The number of amides is 1. The van der Waals surface area contributed by atoms with Gasteiger partial charge >= 0.3 is 5.97 Å². The number of likely N-dealkylation sites (tertiary alicyclic amines) is 1. The van der Waals surface area contributed by atoms with Crippen molar-refractivity contribution >= 4 is 23.5 Å². The Labute approximate surface area is 123 Å². The lowest BCUT2D eigenvalue weighted by atomic mass is 10.0. The summed E-state index contributed by atoms with van der Waals surface area (Å²) in [5.41, 5.74) is 1.54. The van der Waals surface area contributed by atoms with Gasteiger partial charge in [0.1, 0.15) is 0 Å². The lowest BCUT2D eigenvalue weighted by Crippen LogP contribution is -2.29. The first-order valence-electron chi connectivity index (χ1n) is 6.74. The Morgan fingerprint density at radius 2 is 2.20 bits per heavy atom. The van der Waals surface area contributed by atoms with E-state index in [1.165, 1.54) is 0 Å². The summed E-state index contributed by atoms with van der Waals surface area (Å²) >= 11 is 6.12. The number of carboxylic acid groups (broad SMARTS) is 1. The molecule has 0 radical (unpaired) electrons. The average molecular weight is 296 g/mol. The van der Waals surface area contributed by atoms with Crippen LogP contribution in [0.5, 0.6) is 0 Å². The van der Waals surface area contributed by atoms with Gasteiger partial charge in [0.15, 0.2) is 0 Å². The van der Waals surface area contributed by atoms with Crippen LogP contribution in [0.15, 0.2) is 18.2 Å². The zero-order chi connectivity index (χ0) is 14.7. The van der Waals surface area contributed by atoms with Crippen LogP contribution in [0.2, 0.25) is 5.02 Å². The smallest absolute Gasteiger partial charge is 0.303 e. The predicted octanol–water partition coefficient (Wildman–Crippen LogP) is 2.98. The fourth-order valence-electron chi connectivity index (χ4n) is 2.54. The van der Waals surface area contributed by atoms with E-state index >= 15 is 0 Å². The van der Waals surface area contributed by atoms with Gasteiger partial charge in [-0.1, -0.05) is 17.7 Å². The number of aliphatic carboxylic acids is 1. The molecule has 1 unspecified atom stereocenters. The molecule has 2 rings (SSSR count). The van der Waals surface area contributed by atoms with E-state index in [0.717, 1.165) is 12.0 Å². The van der Waals surface area contributed by atoms with Crippen LogP contribution in [0, 0.1) is 12.8 Å². The number of halogens is 1. The second kappa shape index (κ2) is 6.27. The largest absolute Gasteiger partial charge is 0.481 e. The quantitative estimate of drug-likeness (QED) is 0.929. The molecule has 1 fully saturated rings. The summed E-state index contributed by atoms with van der Waals surface area (Å²) in [6, 6.07) is 5.41. The van der Waals surface area contributed by atoms with Crippen molar-refractivity contribution in [1.29, 1.82) is 0 Å². The van der Waals surface area contributed by atoms with Gasteiger partial charge in [0, 0.05) is 19.5 Å². The van der Waals surface area contributed by atoms with E-state index in [0.29, 0.717) is 30.1 Å². The molecule has 1 aromatic rings. The maximum atomic E-state index is 12.4. The first-order valence-corrected chi connectivity index (χ1v) is 7.12. The van der Waals surface area contributed by atoms with Gasteiger partial charge in [-0.05, 0) is 43.4 Å². The molecule has 1 aromatic carbocycles. The van der Waals surface area contributed by atoms with Gasteiger partial charge in [0.05, 0.1) is 10.6 Å². The molecule has 108 valence electrons. The summed E-state index contributed by atoms with van der Waals surface area (Å²) in [5.74, 6) is -0.566. The maximum absolute atomic E-state index is 12.4. The van der Waals surface area contributed by atoms with Crippen LogP contribution in [0.1, 0.15) is 35.2 Å². The standard InChI is InChI=1S/C15H18ClNO3/c1-10-2-4-12(13(16)8-10)15(20)17-7-6-11(9-17)3-5-14(18)19/h2,4,8,11H,3,5-7,9H2,1H3,(H,18,19). The van der Waals surface area contributed by atoms with Gasteiger partial charge < -0.3 is 10.0 Å². The molecule has 0 aliphatic carbocycles. The van der Waals surface area contributed by atoms with Crippen LogP contribution in [0.3, 0.4) is 0 Å².